The van der Waals surface area contributed by atoms with Gasteiger partial charge < -0.3 is 24.1 Å². The van der Waals surface area contributed by atoms with E-state index in [0.29, 0.717) is 13.2 Å². The van der Waals surface area contributed by atoms with Crippen LogP contribution < -0.4 is 0 Å². The van der Waals surface area contributed by atoms with Gasteiger partial charge in [-0.1, -0.05) is 60.7 Å². The molecule has 2 aromatic carbocycles. The maximum Gasteiger partial charge on any atom is 0.186 e. The van der Waals surface area contributed by atoms with Crippen LogP contribution in [-0.4, -0.2) is 42.9 Å². The second kappa shape index (κ2) is 9.26. The molecule has 5 atom stereocenters. The van der Waals surface area contributed by atoms with Crippen molar-refractivity contribution in [3.8, 4) is 0 Å². The van der Waals surface area contributed by atoms with Crippen LogP contribution in [0.1, 0.15) is 18.1 Å². The maximum atomic E-state index is 10.7. The third-order valence-electron chi connectivity index (χ3n) is 4.57. The Morgan fingerprint density at radius 3 is 2.12 bits per heavy atom. The quantitative estimate of drug-likeness (QED) is 0.786. The van der Waals surface area contributed by atoms with E-state index in [0.717, 1.165) is 11.1 Å². The van der Waals surface area contributed by atoms with Gasteiger partial charge in [-0.05, 0) is 18.1 Å². The lowest BCUT2D eigenvalue weighted by atomic mass is 10.1. The Hall–Kier alpha value is -1.76. The number of aliphatic hydroxyl groups excluding tert-OH is 1. The summed E-state index contributed by atoms with van der Waals surface area (Å²) in [4.78, 5) is 0. The summed E-state index contributed by atoms with van der Waals surface area (Å²) in [6.45, 7) is 2.74. The summed E-state index contributed by atoms with van der Waals surface area (Å²) in [6.07, 6.45) is -2.82. The number of hydrogen-bond acceptors (Lipinski definition) is 5. The Labute approximate surface area is 154 Å². The summed E-state index contributed by atoms with van der Waals surface area (Å²) in [6, 6.07) is 19.7. The molecular formula is C21H26O5. The van der Waals surface area contributed by atoms with Gasteiger partial charge in [0.2, 0.25) is 0 Å². The molecule has 0 unspecified atom stereocenters. The smallest absolute Gasteiger partial charge is 0.186 e. The van der Waals surface area contributed by atoms with Gasteiger partial charge in [0.05, 0.1) is 19.3 Å². The van der Waals surface area contributed by atoms with Crippen LogP contribution in [0, 0.1) is 0 Å². The highest BCUT2D eigenvalue weighted by molar-refractivity contribution is 5.14. The number of methoxy groups -OCH3 is 1. The minimum atomic E-state index is -0.825. The second-order valence-electron chi connectivity index (χ2n) is 6.46. The minimum Gasteiger partial charge on any atom is -0.387 e. The monoisotopic (exact) mass is 358 g/mol. The molecule has 3 rings (SSSR count). The lowest BCUT2D eigenvalue weighted by molar-refractivity contribution is -0.178. The molecule has 2 aromatic rings. The van der Waals surface area contributed by atoms with Gasteiger partial charge >= 0.3 is 0 Å². The molecule has 0 saturated carbocycles. The number of rotatable bonds is 8. The maximum absolute atomic E-state index is 10.7. The van der Waals surface area contributed by atoms with Crippen molar-refractivity contribution < 1.29 is 24.1 Å². The molecule has 0 spiro atoms. The fraction of sp³-hybridized carbons (Fsp3) is 0.429. The predicted octanol–water partition coefficient (Wildman–Crippen LogP) is 2.91. The molecule has 0 aliphatic carbocycles. The molecular weight excluding hydrogens is 332 g/mol. The zero-order valence-electron chi connectivity index (χ0n) is 15.2. The zero-order valence-corrected chi connectivity index (χ0v) is 15.2. The van der Waals surface area contributed by atoms with Crippen LogP contribution in [0.4, 0.5) is 0 Å². The van der Waals surface area contributed by atoms with Gasteiger partial charge in [0, 0.05) is 7.11 Å². The van der Waals surface area contributed by atoms with Gasteiger partial charge in [0.15, 0.2) is 6.29 Å². The molecule has 26 heavy (non-hydrogen) atoms. The molecule has 0 radical (unpaired) electrons. The standard InChI is InChI=1S/C21H26O5/c1-15(24-13-16-9-5-3-6-10-16)19-18(22)20(21(23-2)26-19)25-14-17-11-7-4-8-12-17/h3-12,15,18-22H,13-14H2,1-2H3/t15-,18+,19-,20+,21-/m0/s1. The number of ether oxygens (including phenoxy) is 4. The Bertz CT molecular complexity index is 648. The van der Waals surface area contributed by atoms with E-state index in [1.807, 2.05) is 67.6 Å². The van der Waals surface area contributed by atoms with Crippen molar-refractivity contribution in [2.24, 2.45) is 0 Å². The van der Waals surface area contributed by atoms with Crippen molar-refractivity contribution in [1.29, 1.82) is 0 Å². The highest BCUT2D eigenvalue weighted by atomic mass is 16.7. The second-order valence-corrected chi connectivity index (χ2v) is 6.46. The summed E-state index contributed by atoms with van der Waals surface area (Å²) in [5, 5.41) is 10.7. The number of aliphatic hydroxyl groups is 1. The summed E-state index contributed by atoms with van der Waals surface area (Å²) >= 11 is 0. The van der Waals surface area contributed by atoms with Crippen molar-refractivity contribution in [1.82, 2.24) is 0 Å². The van der Waals surface area contributed by atoms with Gasteiger partial charge in [-0.15, -0.1) is 0 Å². The molecule has 1 aliphatic rings. The molecule has 1 heterocycles. The van der Waals surface area contributed by atoms with E-state index in [4.69, 9.17) is 18.9 Å². The van der Waals surface area contributed by atoms with E-state index in [9.17, 15) is 5.11 Å². The van der Waals surface area contributed by atoms with Crippen LogP contribution in [-0.2, 0) is 32.2 Å². The predicted molar refractivity (Wildman–Crippen MR) is 97.4 cm³/mol. The first-order valence-corrected chi connectivity index (χ1v) is 8.86. The number of benzene rings is 2. The molecule has 1 fully saturated rings. The fourth-order valence-electron chi connectivity index (χ4n) is 3.08. The molecule has 1 saturated heterocycles. The zero-order chi connectivity index (χ0) is 18.4. The topological polar surface area (TPSA) is 57.2 Å². The molecule has 1 N–H and O–H groups in total. The first-order chi connectivity index (χ1) is 12.7. The molecule has 0 bridgehead atoms. The van der Waals surface area contributed by atoms with Crippen molar-refractivity contribution in [2.75, 3.05) is 7.11 Å². The molecule has 5 heteroatoms. The third-order valence-corrected chi connectivity index (χ3v) is 4.57. The first kappa shape index (κ1) is 19.0. The van der Waals surface area contributed by atoms with Crippen LogP contribution in [0.5, 0.6) is 0 Å². The van der Waals surface area contributed by atoms with Gasteiger partial charge in [-0.2, -0.15) is 0 Å². The van der Waals surface area contributed by atoms with E-state index < -0.39 is 24.6 Å². The van der Waals surface area contributed by atoms with Crippen LogP contribution in [0.25, 0.3) is 0 Å². The summed E-state index contributed by atoms with van der Waals surface area (Å²) in [5.41, 5.74) is 2.11. The molecule has 1 aliphatic heterocycles. The van der Waals surface area contributed by atoms with Crippen LogP contribution in [0.15, 0.2) is 60.7 Å². The Morgan fingerprint density at radius 2 is 1.54 bits per heavy atom. The Balaban J connectivity index is 1.56. The number of hydrogen-bond donors (Lipinski definition) is 1. The van der Waals surface area contributed by atoms with E-state index in [1.165, 1.54) is 0 Å². The SMILES string of the molecule is CO[C@H]1O[C@@H]([C@H](C)OCc2ccccc2)[C@@H](O)[C@H]1OCc1ccccc1. The van der Waals surface area contributed by atoms with Crippen LogP contribution in [0.3, 0.4) is 0 Å². The first-order valence-electron chi connectivity index (χ1n) is 8.86. The van der Waals surface area contributed by atoms with Crippen molar-refractivity contribution in [3.05, 3.63) is 71.8 Å². The van der Waals surface area contributed by atoms with Gasteiger partial charge in [0.1, 0.15) is 18.3 Å². The van der Waals surface area contributed by atoms with E-state index in [1.54, 1.807) is 7.11 Å². The van der Waals surface area contributed by atoms with E-state index in [-0.39, 0.29) is 6.10 Å². The van der Waals surface area contributed by atoms with Gasteiger partial charge in [-0.3, -0.25) is 0 Å². The van der Waals surface area contributed by atoms with Crippen LogP contribution >= 0.6 is 0 Å². The molecule has 5 nitrogen and oxygen atoms in total. The Morgan fingerprint density at radius 1 is 0.962 bits per heavy atom. The highest BCUT2D eigenvalue weighted by Crippen LogP contribution is 2.29. The average molecular weight is 358 g/mol. The van der Waals surface area contributed by atoms with Crippen molar-refractivity contribution in [2.45, 2.75) is 50.8 Å². The van der Waals surface area contributed by atoms with Crippen molar-refractivity contribution >= 4 is 0 Å². The molecule has 0 aromatic heterocycles. The average Bonchev–Trinajstić information content (AvgIpc) is 3.02. The lowest BCUT2D eigenvalue weighted by Gasteiger charge is -2.23. The highest BCUT2D eigenvalue weighted by Gasteiger charge is 2.47. The summed E-state index contributed by atoms with van der Waals surface area (Å²) < 4.78 is 23.0. The minimum absolute atomic E-state index is 0.298. The van der Waals surface area contributed by atoms with Gasteiger partial charge in [0.25, 0.3) is 0 Å². The summed E-state index contributed by atoms with van der Waals surface area (Å²) in [5.74, 6) is 0. The summed E-state index contributed by atoms with van der Waals surface area (Å²) in [7, 11) is 1.55. The molecule has 140 valence electrons. The van der Waals surface area contributed by atoms with E-state index >= 15 is 0 Å². The largest absolute Gasteiger partial charge is 0.387 e. The molecule has 0 amide bonds. The lowest BCUT2D eigenvalue weighted by Crippen LogP contribution is -2.40. The fourth-order valence-corrected chi connectivity index (χ4v) is 3.08. The Kier molecular flexibility index (Phi) is 6.77. The third kappa shape index (κ3) is 4.69. The van der Waals surface area contributed by atoms with Gasteiger partial charge in [-0.25, -0.2) is 0 Å². The van der Waals surface area contributed by atoms with E-state index in [2.05, 4.69) is 0 Å². The normalized spacial score (nSPS) is 26.7. The van der Waals surface area contributed by atoms with Crippen molar-refractivity contribution in [3.63, 3.8) is 0 Å². The van der Waals surface area contributed by atoms with Crippen LogP contribution in [0.2, 0.25) is 0 Å².